The number of rotatable bonds is 4. The van der Waals surface area contributed by atoms with Crippen LogP contribution in [0.15, 0.2) is 38.8 Å². The second kappa shape index (κ2) is 6.81. The number of halogens is 2. The Morgan fingerprint density at radius 1 is 1.47 bits per heavy atom. The summed E-state index contributed by atoms with van der Waals surface area (Å²) in [6, 6.07) is 5.86. The van der Waals surface area contributed by atoms with Crippen molar-refractivity contribution in [3.05, 3.63) is 38.8 Å². The van der Waals surface area contributed by atoms with Gasteiger partial charge in [0, 0.05) is 26.8 Å². The van der Waals surface area contributed by atoms with Crippen LogP contribution in [-0.2, 0) is 9.53 Å². The number of esters is 1. The molecule has 1 aromatic rings. The average Bonchev–Trinajstić information content (AvgIpc) is 2.30. The fourth-order valence-electron chi connectivity index (χ4n) is 1.19. The van der Waals surface area contributed by atoms with Crippen molar-refractivity contribution in [1.82, 2.24) is 0 Å². The van der Waals surface area contributed by atoms with Crippen LogP contribution in [0.2, 0.25) is 0 Å². The smallest absolute Gasteiger partial charge is 0.333 e. The summed E-state index contributed by atoms with van der Waals surface area (Å²) in [5.41, 5.74) is 1.57. The first-order valence-electron chi connectivity index (χ1n) is 4.98. The van der Waals surface area contributed by atoms with Gasteiger partial charge in [-0.2, -0.15) is 0 Å². The summed E-state index contributed by atoms with van der Waals surface area (Å²) in [7, 11) is 1.37. The van der Waals surface area contributed by atoms with Gasteiger partial charge in [0.05, 0.1) is 7.11 Å². The first-order chi connectivity index (χ1) is 8.04. The van der Waals surface area contributed by atoms with Gasteiger partial charge in [-0.1, -0.05) is 22.0 Å². The van der Waals surface area contributed by atoms with Gasteiger partial charge in [0.25, 0.3) is 0 Å². The van der Waals surface area contributed by atoms with E-state index in [1.807, 2.05) is 18.2 Å². The highest BCUT2D eigenvalue weighted by molar-refractivity contribution is 9.11. The minimum atomic E-state index is -0.304. The third-order valence-corrected chi connectivity index (χ3v) is 3.29. The van der Waals surface area contributed by atoms with Crippen molar-refractivity contribution in [2.24, 2.45) is 0 Å². The standard InChI is InChI=1S/C12H13Br2NO2/c1-8(12(16)17-2)5-6-15-11-4-3-9(13)7-10(11)14/h3-5,7,15H,6H2,1-2H3/b8-5+. The molecule has 3 nitrogen and oxygen atoms in total. The van der Waals surface area contributed by atoms with E-state index in [1.165, 1.54) is 7.11 Å². The molecule has 17 heavy (non-hydrogen) atoms. The molecule has 1 rings (SSSR count). The first-order valence-corrected chi connectivity index (χ1v) is 6.57. The normalized spacial score (nSPS) is 11.2. The number of benzene rings is 1. The lowest BCUT2D eigenvalue weighted by Crippen LogP contribution is -2.05. The highest BCUT2D eigenvalue weighted by Gasteiger charge is 2.02. The van der Waals surface area contributed by atoms with Crippen LogP contribution in [0.3, 0.4) is 0 Å². The molecule has 0 saturated carbocycles. The third kappa shape index (κ3) is 4.52. The van der Waals surface area contributed by atoms with E-state index in [-0.39, 0.29) is 5.97 Å². The second-order valence-corrected chi connectivity index (χ2v) is 5.15. The lowest BCUT2D eigenvalue weighted by Gasteiger charge is -2.07. The monoisotopic (exact) mass is 361 g/mol. The molecule has 1 N–H and O–H groups in total. The summed E-state index contributed by atoms with van der Waals surface area (Å²) in [5.74, 6) is -0.304. The van der Waals surface area contributed by atoms with Crippen LogP contribution in [0.25, 0.3) is 0 Å². The number of carbonyl (C=O) groups is 1. The Morgan fingerprint density at radius 2 is 2.18 bits per heavy atom. The van der Waals surface area contributed by atoms with Gasteiger partial charge in [-0.05, 0) is 41.1 Å². The van der Waals surface area contributed by atoms with Crippen LogP contribution in [-0.4, -0.2) is 19.6 Å². The minimum absolute atomic E-state index is 0.304. The zero-order valence-electron chi connectivity index (χ0n) is 9.59. The quantitative estimate of drug-likeness (QED) is 0.654. The molecule has 0 bridgehead atoms. The fraction of sp³-hybridized carbons (Fsp3) is 0.250. The highest BCUT2D eigenvalue weighted by atomic mass is 79.9. The SMILES string of the molecule is COC(=O)/C(C)=C/CNc1ccc(Br)cc1Br. The van der Waals surface area contributed by atoms with E-state index < -0.39 is 0 Å². The molecule has 0 aliphatic rings. The van der Waals surface area contributed by atoms with E-state index in [0.29, 0.717) is 12.1 Å². The number of hydrogen-bond acceptors (Lipinski definition) is 3. The van der Waals surface area contributed by atoms with Crippen LogP contribution in [0, 0.1) is 0 Å². The Bertz CT molecular complexity index is 444. The van der Waals surface area contributed by atoms with Crippen LogP contribution in [0.1, 0.15) is 6.92 Å². The van der Waals surface area contributed by atoms with E-state index in [9.17, 15) is 4.79 Å². The van der Waals surface area contributed by atoms with Crippen LogP contribution < -0.4 is 5.32 Å². The maximum Gasteiger partial charge on any atom is 0.333 e. The second-order valence-electron chi connectivity index (χ2n) is 3.38. The molecule has 0 aliphatic heterocycles. The van der Waals surface area contributed by atoms with Crippen molar-refractivity contribution < 1.29 is 9.53 Å². The molecule has 92 valence electrons. The number of carbonyl (C=O) groups excluding carboxylic acids is 1. The summed E-state index contributed by atoms with van der Waals surface area (Å²) in [4.78, 5) is 11.1. The van der Waals surface area contributed by atoms with Gasteiger partial charge in [0.15, 0.2) is 0 Å². The molecular weight excluding hydrogens is 350 g/mol. The average molecular weight is 363 g/mol. The summed E-state index contributed by atoms with van der Waals surface area (Å²) in [6.45, 7) is 2.30. The molecule has 0 radical (unpaired) electrons. The highest BCUT2D eigenvalue weighted by Crippen LogP contribution is 2.25. The zero-order chi connectivity index (χ0) is 12.8. The molecule has 5 heteroatoms. The third-order valence-electron chi connectivity index (χ3n) is 2.14. The molecule has 0 aliphatic carbocycles. The Kier molecular flexibility index (Phi) is 5.71. The Morgan fingerprint density at radius 3 is 2.76 bits per heavy atom. The topological polar surface area (TPSA) is 38.3 Å². The van der Waals surface area contributed by atoms with Gasteiger partial charge < -0.3 is 10.1 Å². The van der Waals surface area contributed by atoms with Crippen LogP contribution in [0.5, 0.6) is 0 Å². The van der Waals surface area contributed by atoms with Crippen molar-refractivity contribution in [2.45, 2.75) is 6.92 Å². The maximum absolute atomic E-state index is 11.1. The van der Waals surface area contributed by atoms with E-state index >= 15 is 0 Å². The molecule has 0 spiro atoms. The Labute approximate surface area is 117 Å². The van der Waals surface area contributed by atoms with Crippen molar-refractivity contribution in [3.63, 3.8) is 0 Å². The summed E-state index contributed by atoms with van der Waals surface area (Å²) in [6.07, 6.45) is 1.79. The zero-order valence-corrected chi connectivity index (χ0v) is 12.8. The summed E-state index contributed by atoms with van der Waals surface area (Å²) >= 11 is 6.84. The van der Waals surface area contributed by atoms with Crippen molar-refractivity contribution in [3.8, 4) is 0 Å². The number of methoxy groups -OCH3 is 1. The van der Waals surface area contributed by atoms with E-state index in [2.05, 4.69) is 41.9 Å². The van der Waals surface area contributed by atoms with E-state index in [4.69, 9.17) is 0 Å². The van der Waals surface area contributed by atoms with Crippen molar-refractivity contribution >= 4 is 43.5 Å². The van der Waals surface area contributed by atoms with Gasteiger partial charge in [-0.15, -0.1) is 0 Å². The molecule has 0 fully saturated rings. The van der Waals surface area contributed by atoms with Crippen molar-refractivity contribution in [2.75, 3.05) is 19.0 Å². The number of hydrogen-bond donors (Lipinski definition) is 1. The van der Waals surface area contributed by atoms with Crippen LogP contribution in [0.4, 0.5) is 5.69 Å². The molecule has 0 saturated heterocycles. The number of anilines is 1. The molecule has 0 unspecified atom stereocenters. The predicted molar refractivity (Wildman–Crippen MR) is 76.1 cm³/mol. The summed E-state index contributed by atoms with van der Waals surface area (Å²) < 4.78 is 6.58. The molecule has 1 aromatic carbocycles. The van der Waals surface area contributed by atoms with Gasteiger partial charge in [-0.3, -0.25) is 0 Å². The van der Waals surface area contributed by atoms with Gasteiger partial charge in [-0.25, -0.2) is 4.79 Å². The fourth-order valence-corrected chi connectivity index (χ4v) is 2.38. The molecule has 0 atom stereocenters. The summed E-state index contributed by atoms with van der Waals surface area (Å²) in [5, 5.41) is 3.20. The lowest BCUT2D eigenvalue weighted by atomic mass is 10.2. The van der Waals surface area contributed by atoms with Gasteiger partial charge in [0.2, 0.25) is 0 Å². The predicted octanol–water partition coefficient (Wildman–Crippen LogP) is 3.74. The van der Waals surface area contributed by atoms with Gasteiger partial charge in [0.1, 0.15) is 0 Å². The van der Waals surface area contributed by atoms with E-state index in [1.54, 1.807) is 13.0 Å². The Hall–Kier alpha value is -0.810. The number of ether oxygens (including phenoxy) is 1. The van der Waals surface area contributed by atoms with Crippen molar-refractivity contribution in [1.29, 1.82) is 0 Å². The molecule has 0 amide bonds. The van der Waals surface area contributed by atoms with E-state index in [0.717, 1.165) is 14.6 Å². The number of nitrogens with one attached hydrogen (secondary N) is 1. The van der Waals surface area contributed by atoms with Gasteiger partial charge >= 0.3 is 5.97 Å². The maximum atomic E-state index is 11.1. The molecule has 0 aromatic heterocycles. The largest absolute Gasteiger partial charge is 0.466 e. The molecule has 0 heterocycles. The Balaban J connectivity index is 2.59. The first kappa shape index (κ1) is 14.3. The lowest BCUT2D eigenvalue weighted by molar-refractivity contribution is -0.136. The van der Waals surface area contributed by atoms with Crippen LogP contribution >= 0.6 is 31.9 Å². The minimum Gasteiger partial charge on any atom is -0.466 e. The molecular formula is C12H13Br2NO2.